The third kappa shape index (κ3) is 2.93. The number of para-hydroxylation sites is 1. The Balaban J connectivity index is 1.48. The highest BCUT2D eigenvalue weighted by molar-refractivity contribution is 5.40. The topological polar surface area (TPSA) is 24.5 Å². The second-order valence-electron chi connectivity index (χ2n) is 6.04. The maximum absolute atomic E-state index is 6.15. The minimum atomic E-state index is 0.383. The van der Waals surface area contributed by atoms with Crippen molar-refractivity contribution in [3.05, 3.63) is 29.3 Å². The molecule has 1 atom stereocenters. The molecule has 3 rings (SSSR count). The molecular formula is C16H24N2O. The molecule has 0 saturated carbocycles. The van der Waals surface area contributed by atoms with Gasteiger partial charge in [-0.1, -0.05) is 18.2 Å². The van der Waals surface area contributed by atoms with Crippen LogP contribution in [0.15, 0.2) is 18.2 Å². The van der Waals surface area contributed by atoms with E-state index in [9.17, 15) is 0 Å². The van der Waals surface area contributed by atoms with Gasteiger partial charge in [0.1, 0.15) is 11.9 Å². The van der Waals surface area contributed by atoms with E-state index in [1.807, 2.05) is 0 Å². The first-order chi connectivity index (χ1) is 9.22. The molecule has 3 heteroatoms. The molecule has 1 aromatic rings. The van der Waals surface area contributed by atoms with E-state index < -0.39 is 0 Å². The van der Waals surface area contributed by atoms with E-state index in [4.69, 9.17) is 4.74 Å². The lowest BCUT2D eigenvalue weighted by atomic mass is 10.0. The van der Waals surface area contributed by atoms with Crippen molar-refractivity contribution < 1.29 is 4.74 Å². The molecule has 2 aliphatic heterocycles. The standard InChI is InChI=1S/C16H24N2O/c1-12-4-3-5-13(2)16(12)19-15-10-18(11-15)9-14-6-7-17-8-14/h3-5,14-15,17H,6-11H2,1-2H3. The minimum Gasteiger partial charge on any atom is -0.487 e. The predicted molar refractivity (Wildman–Crippen MR) is 77.7 cm³/mol. The van der Waals surface area contributed by atoms with Gasteiger partial charge in [-0.25, -0.2) is 0 Å². The Labute approximate surface area is 115 Å². The van der Waals surface area contributed by atoms with Gasteiger partial charge in [-0.2, -0.15) is 0 Å². The summed E-state index contributed by atoms with van der Waals surface area (Å²) >= 11 is 0. The number of nitrogens with one attached hydrogen (secondary N) is 1. The molecule has 3 nitrogen and oxygen atoms in total. The molecule has 2 heterocycles. The fraction of sp³-hybridized carbons (Fsp3) is 0.625. The van der Waals surface area contributed by atoms with Crippen LogP contribution in [0.4, 0.5) is 0 Å². The summed E-state index contributed by atoms with van der Waals surface area (Å²) in [6.07, 6.45) is 1.72. The smallest absolute Gasteiger partial charge is 0.125 e. The van der Waals surface area contributed by atoms with Crippen LogP contribution in [0.5, 0.6) is 5.75 Å². The van der Waals surface area contributed by atoms with Crippen LogP contribution in [-0.2, 0) is 0 Å². The van der Waals surface area contributed by atoms with Gasteiger partial charge in [-0.05, 0) is 50.4 Å². The second kappa shape index (κ2) is 5.51. The lowest BCUT2D eigenvalue weighted by Gasteiger charge is -2.40. The van der Waals surface area contributed by atoms with Crippen molar-refractivity contribution in [3.63, 3.8) is 0 Å². The van der Waals surface area contributed by atoms with Gasteiger partial charge >= 0.3 is 0 Å². The Kier molecular flexibility index (Phi) is 3.76. The van der Waals surface area contributed by atoms with Crippen molar-refractivity contribution in [2.75, 3.05) is 32.7 Å². The van der Waals surface area contributed by atoms with Crippen LogP contribution in [0.1, 0.15) is 17.5 Å². The number of benzene rings is 1. The first-order valence-electron chi connectivity index (χ1n) is 7.38. The molecule has 2 aliphatic rings. The van der Waals surface area contributed by atoms with E-state index in [0.29, 0.717) is 6.10 Å². The molecule has 0 aliphatic carbocycles. The maximum atomic E-state index is 6.15. The van der Waals surface area contributed by atoms with Crippen molar-refractivity contribution in [3.8, 4) is 5.75 Å². The summed E-state index contributed by atoms with van der Waals surface area (Å²) in [7, 11) is 0. The minimum absolute atomic E-state index is 0.383. The summed E-state index contributed by atoms with van der Waals surface area (Å²) in [6.45, 7) is 10.1. The number of nitrogens with zero attached hydrogens (tertiary/aromatic N) is 1. The van der Waals surface area contributed by atoms with Gasteiger partial charge < -0.3 is 10.1 Å². The van der Waals surface area contributed by atoms with Gasteiger partial charge in [0, 0.05) is 19.6 Å². The fourth-order valence-corrected chi connectivity index (χ4v) is 3.13. The van der Waals surface area contributed by atoms with Gasteiger partial charge in [-0.15, -0.1) is 0 Å². The molecule has 1 N–H and O–H groups in total. The maximum Gasteiger partial charge on any atom is 0.125 e. The molecule has 19 heavy (non-hydrogen) atoms. The van der Waals surface area contributed by atoms with Crippen LogP contribution in [-0.4, -0.2) is 43.7 Å². The van der Waals surface area contributed by atoms with Crippen LogP contribution in [0.2, 0.25) is 0 Å². The quantitative estimate of drug-likeness (QED) is 0.896. The van der Waals surface area contributed by atoms with Crippen molar-refractivity contribution in [2.45, 2.75) is 26.4 Å². The zero-order valence-corrected chi connectivity index (χ0v) is 12.0. The lowest BCUT2D eigenvalue weighted by molar-refractivity contribution is 0.0110. The Bertz CT molecular complexity index is 414. The van der Waals surface area contributed by atoms with E-state index in [0.717, 1.165) is 24.8 Å². The average molecular weight is 260 g/mol. The van der Waals surface area contributed by atoms with Crippen LogP contribution >= 0.6 is 0 Å². The summed E-state index contributed by atoms with van der Waals surface area (Å²) < 4.78 is 6.15. The van der Waals surface area contributed by atoms with Crippen LogP contribution in [0.3, 0.4) is 0 Å². The van der Waals surface area contributed by atoms with E-state index >= 15 is 0 Å². The Morgan fingerprint density at radius 2 is 2.00 bits per heavy atom. The molecule has 1 aromatic carbocycles. The third-order valence-electron chi connectivity index (χ3n) is 4.30. The van der Waals surface area contributed by atoms with Crippen molar-refractivity contribution in [2.24, 2.45) is 5.92 Å². The number of likely N-dealkylation sites (tertiary alicyclic amines) is 1. The molecule has 0 amide bonds. The first-order valence-corrected chi connectivity index (χ1v) is 7.38. The zero-order valence-electron chi connectivity index (χ0n) is 12.0. The van der Waals surface area contributed by atoms with E-state index in [2.05, 4.69) is 42.3 Å². The molecule has 104 valence electrons. The number of rotatable bonds is 4. The number of hydrogen-bond acceptors (Lipinski definition) is 3. The Morgan fingerprint density at radius 1 is 1.26 bits per heavy atom. The fourth-order valence-electron chi connectivity index (χ4n) is 3.13. The third-order valence-corrected chi connectivity index (χ3v) is 4.30. The monoisotopic (exact) mass is 260 g/mol. The average Bonchev–Trinajstić information content (AvgIpc) is 2.83. The van der Waals surface area contributed by atoms with Crippen LogP contribution in [0.25, 0.3) is 0 Å². The van der Waals surface area contributed by atoms with Gasteiger partial charge in [0.05, 0.1) is 0 Å². The molecule has 0 radical (unpaired) electrons. The van der Waals surface area contributed by atoms with Gasteiger partial charge in [-0.3, -0.25) is 4.90 Å². The van der Waals surface area contributed by atoms with Gasteiger partial charge in [0.25, 0.3) is 0 Å². The molecule has 0 aromatic heterocycles. The van der Waals surface area contributed by atoms with Crippen molar-refractivity contribution in [1.82, 2.24) is 10.2 Å². The van der Waals surface area contributed by atoms with Gasteiger partial charge in [0.15, 0.2) is 0 Å². The predicted octanol–water partition coefficient (Wildman–Crippen LogP) is 1.98. The highest BCUT2D eigenvalue weighted by Gasteiger charge is 2.31. The number of hydrogen-bond donors (Lipinski definition) is 1. The highest BCUT2D eigenvalue weighted by atomic mass is 16.5. The first kappa shape index (κ1) is 12.9. The van der Waals surface area contributed by atoms with E-state index in [1.54, 1.807) is 0 Å². The van der Waals surface area contributed by atoms with Crippen molar-refractivity contribution >= 4 is 0 Å². The van der Waals surface area contributed by atoms with Crippen molar-refractivity contribution in [1.29, 1.82) is 0 Å². The SMILES string of the molecule is Cc1cccc(C)c1OC1CN(CC2CCNC2)C1. The Hall–Kier alpha value is -1.06. The van der Waals surface area contributed by atoms with Crippen LogP contribution in [0, 0.1) is 19.8 Å². The molecule has 2 saturated heterocycles. The number of aryl methyl sites for hydroxylation is 2. The highest BCUT2D eigenvalue weighted by Crippen LogP contribution is 2.26. The normalized spacial score (nSPS) is 24.4. The summed E-state index contributed by atoms with van der Waals surface area (Å²) in [5, 5.41) is 3.43. The molecule has 2 fully saturated rings. The lowest BCUT2D eigenvalue weighted by Crippen LogP contribution is -2.55. The molecule has 0 spiro atoms. The molecular weight excluding hydrogens is 236 g/mol. The zero-order chi connectivity index (χ0) is 13.2. The molecule has 0 bridgehead atoms. The summed E-state index contributed by atoms with van der Waals surface area (Å²) in [6, 6.07) is 6.35. The second-order valence-corrected chi connectivity index (χ2v) is 6.04. The van der Waals surface area contributed by atoms with E-state index in [1.165, 1.54) is 37.2 Å². The molecule has 1 unspecified atom stereocenters. The van der Waals surface area contributed by atoms with E-state index in [-0.39, 0.29) is 0 Å². The van der Waals surface area contributed by atoms with Gasteiger partial charge in [0.2, 0.25) is 0 Å². The Morgan fingerprint density at radius 3 is 2.63 bits per heavy atom. The van der Waals surface area contributed by atoms with Crippen LogP contribution < -0.4 is 10.1 Å². The largest absolute Gasteiger partial charge is 0.487 e. The summed E-state index contributed by atoms with van der Waals surface area (Å²) in [5.41, 5.74) is 2.50. The summed E-state index contributed by atoms with van der Waals surface area (Å²) in [4.78, 5) is 2.52. The summed E-state index contributed by atoms with van der Waals surface area (Å²) in [5.74, 6) is 1.94. The number of ether oxygens (including phenoxy) is 1.